The van der Waals surface area contributed by atoms with E-state index in [2.05, 4.69) is 5.32 Å². The molecular weight excluding hydrogens is 303 g/mol. The van der Waals surface area contributed by atoms with Gasteiger partial charge in [-0.05, 0) is 42.3 Å². The third-order valence-electron chi connectivity index (χ3n) is 3.37. The van der Waals surface area contributed by atoms with Crippen molar-refractivity contribution in [3.05, 3.63) is 70.5 Å². The average molecular weight is 321 g/mol. The van der Waals surface area contributed by atoms with Crippen LogP contribution in [0.4, 0.5) is 9.18 Å². The summed E-state index contributed by atoms with van der Waals surface area (Å²) >= 11 is 5.85. The molecule has 0 saturated carbocycles. The van der Waals surface area contributed by atoms with Crippen LogP contribution in [0.5, 0.6) is 0 Å². The van der Waals surface area contributed by atoms with Crippen molar-refractivity contribution in [2.45, 2.75) is 19.5 Å². The molecule has 3 nitrogen and oxygen atoms in total. The van der Waals surface area contributed by atoms with E-state index >= 15 is 0 Å². The first-order chi connectivity index (χ1) is 10.5. The highest BCUT2D eigenvalue weighted by atomic mass is 35.5. The summed E-state index contributed by atoms with van der Waals surface area (Å²) in [6.07, 6.45) is 0. The number of benzene rings is 2. The lowest BCUT2D eigenvalue weighted by atomic mass is 10.1. The molecule has 2 amide bonds. The van der Waals surface area contributed by atoms with E-state index in [0.717, 1.165) is 11.1 Å². The van der Waals surface area contributed by atoms with Crippen LogP contribution in [-0.4, -0.2) is 18.0 Å². The zero-order valence-corrected chi connectivity index (χ0v) is 13.3. The van der Waals surface area contributed by atoms with Gasteiger partial charge in [0.1, 0.15) is 5.82 Å². The monoisotopic (exact) mass is 320 g/mol. The molecule has 0 spiro atoms. The van der Waals surface area contributed by atoms with E-state index in [0.29, 0.717) is 11.6 Å². The van der Waals surface area contributed by atoms with Gasteiger partial charge in [-0.25, -0.2) is 9.18 Å². The lowest BCUT2D eigenvalue weighted by molar-refractivity contribution is 0.203. The molecule has 0 fully saturated rings. The minimum absolute atomic E-state index is 0.139. The number of urea groups is 1. The number of carbonyl (C=O) groups is 1. The molecule has 1 atom stereocenters. The van der Waals surface area contributed by atoms with E-state index in [1.807, 2.05) is 19.1 Å². The highest BCUT2D eigenvalue weighted by molar-refractivity contribution is 6.30. The maximum Gasteiger partial charge on any atom is 0.317 e. The second-order valence-electron chi connectivity index (χ2n) is 5.21. The Hall–Kier alpha value is -2.07. The first-order valence-corrected chi connectivity index (χ1v) is 7.35. The first-order valence-electron chi connectivity index (χ1n) is 6.97. The Labute approximate surface area is 134 Å². The van der Waals surface area contributed by atoms with Gasteiger partial charge < -0.3 is 10.2 Å². The Morgan fingerprint density at radius 3 is 2.59 bits per heavy atom. The number of hydrogen-bond donors (Lipinski definition) is 1. The lowest BCUT2D eigenvalue weighted by Gasteiger charge is -2.21. The van der Waals surface area contributed by atoms with Crippen LogP contribution < -0.4 is 5.32 Å². The number of hydrogen-bond acceptors (Lipinski definition) is 1. The van der Waals surface area contributed by atoms with Crippen molar-refractivity contribution in [1.29, 1.82) is 0 Å². The van der Waals surface area contributed by atoms with Gasteiger partial charge in [-0.2, -0.15) is 0 Å². The zero-order chi connectivity index (χ0) is 16.1. The van der Waals surface area contributed by atoms with Gasteiger partial charge in [0.25, 0.3) is 0 Å². The highest BCUT2D eigenvalue weighted by Gasteiger charge is 2.13. The van der Waals surface area contributed by atoms with Crippen molar-refractivity contribution >= 4 is 17.6 Å². The smallest absolute Gasteiger partial charge is 0.317 e. The summed E-state index contributed by atoms with van der Waals surface area (Å²) in [5.74, 6) is -0.305. The van der Waals surface area contributed by atoms with E-state index in [-0.39, 0.29) is 17.9 Å². The second-order valence-corrected chi connectivity index (χ2v) is 5.65. The molecular formula is C17H18ClFN2O. The molecule has 2 aromatic carbocycles. The van der Waals surface area contributed by atoms with Crippen molar-refractivity contribution in [2.75, 3.05) is 7.05 Å². The molecule has 0 aliphatic rings. The molecule has 0 heterocycles. The van der Waals surface area contributed by atoms with E-state index < -0.39 is 0 Å². The molecule has 116 valence electrons. The Bertz CT molecular complexity index is 645. The summed E-state index contributed by atoms with van der Waals surface area (Å²) in [7, 11) is 1.68. The van der Waals surface area contributed by atoms with E-state index in [1.54, 1.807) is 31.3 Å². The van der Waals surface area contributed by atoms with Gasteiger partial charge in [-0.3, -0.25) is 0 Å². The molecule has 22 heavy (non-hydrogen) atoms. The largest absolute Gasteiger partial charge is 0.331 e. The molecule has 0 aromatic heterocycles. The maximum atomic E-state index is 13.2. The van der Waals surface area contributed by atoms with Gasteiger partial charge in [0.2, 0.25) is 0 Å². The van der Waals surface area contributed by atoms with Crippen molar-refractivity contribution < 1.29 is 9.18 Å². The Morgan fingerprint density at radius 2 is 1.95 bits per heavy atom. The molecule has 2 aromatic rings. The molecule has 0 aliphatic carbocycles. The molecule has 0 bridgehead atoms. The molecule has 1 N–H and O–H groups in total. The van der Waals surface area contributed by atoms with Crippen LogP contribution in [0.15, 0.2) is 48.5 Å². The van der Waals surface area contributed by atoms with Crippen LogP contribution in [-0.2, 0) is 6.54 Å². The third kappa shape index (κ3) is 4.46. The molecule has 0 aliphatic heterocycles. The first kappa shape index (κ1) is 16.3. The molecule has 2 rings (SSSR count). The number of carbonyl (C=O) groups excluding carboxylic acids is 1. The van der Waals surface area contributed by atoms with Crippen molar-refractivity contribution in [3.8, 4) is 0 Å². The number of halogens is 2. The standard InChI is InChI=1S/C17H18ClFN2O/c1-12(14-6-8-15(18)9-7-14)20-17(22)21(2)11-13-4-3-5-16(19)10-13/h3-10,12H,11H2,1-2H3,(H,20,22). The predicted molar refractivity (Wildman–Crippen MR) is 86.3 cm³/mol. The van der Waals surface area contributed by atoms with E-state index in [9.17, 15) is 9.18 Å². The van der Waals surface area contributed by atoms with E-state index in [4.69, 9.17) is 11.6 Å². The van der Waals surface area contributed by atoms with Gasteiger partial charge in [0.05, 0.1) is 6.04 Å². The lowest BCUT2D eigenvalue weighted by Crippen LogP contribution is -2.38. The van der Waals surface area contributed by atoms with Gasteiger partial charge in [0, 0.05) is 18.6 Å². The minimum Gasteiger partial charge on any atom is -0.331 e. The Balaban J connectivity index is 1.94. The Kier molecular flexibility index (Phi) is 5.39. The summed E-state index contributed by atoms with van der Waals surface area (Å²) in [5.41, 5.74) is 1.72. The Morgan fingerprint density at radius 1 is 1.27 bits per heavy atom. The third-order valence-corrected chi connectivity index (χ3v) is 3.62. The topological polar surface area (TPSA) is 32.3 Å². The summed E-state index contributed by atoms with van der Waals surface area (Å²) in [5, 5.41) is 3.56. The number of amides is 2. The van der Waals surface area contributed by atoms with E-state index in [1.165, 1.54) is 17.0 Å². The van der Waals surface area contributed by atoms with Crippen molar-refractivity contribution in [3.63, 3.8) is 0 Å². The average Bonchev–Trinajstić information content (AvgIpc) is 2.47. The highest BCUT2D eigenvalue weighted by Crippen LogP contribution is 2.16. The fraction of sp³-hybridized carbons (Fsp3) is 0.235. The van der Waals surface area contributed by atoms with Gasteiger partial charge in [0.15, 0.2) is 0 Å². The van der Waals surface area contributed by atoms with Crippen LogP contribution in [0.2, 0.25) is 5.02 Å². The maximum absolute atomic E-state index is 13.2. The van der Waals surface area contributed by atoms with Crippen LogP contribution in [0.3, 0.4) is 0 Å². The SMILES string of the molecule is CC(NC(=O)N(C)Cc1cccc(F)c1)c1ccc(Cl)cc1. The number of rotatable bonds is 4. The van der Waals surface area contributed by atoms with Crippen molar-refractivity contribution in [2.24, 2.45) is 0 Å². The molecule has 1 unspecified atom stereocenters. The quantitative estimate of drug-likeness (QED) is 0.890. The fourth-order valence-corrected chi connectivity index (χ4v) is 2.24. The predicted octanol–water partition coefficient (Wildman–Crippen LogP) is 4.38. The van der Waals surface area contributed by atoms with Crippen LogP contribution >= 0.6 is 11.6 Å². The van der Waals surface area contributed by atoms with Gasteiger partial charge in [-0.1, -0.05) is 35.9 Å². The summed E-state index contributed by atoms with van der Waals surface area (Å²) < 4.78 is 13.2. The molecule has 0 radical (unpaired) electrons. The van der Waals surface area contributed by atoms with Crippen LogP contribution in [0, 0.1) is 5.82 Å². The minimum atomic E-state index is -0.305. The van der Waals surface area contributed by atoms with Gasteiger partial charge in [-0.15, -0.1) is 0 Å². The van der Waals surface area contributed by atoms with Crippen LogP contribution in [0.1, 0.15) is 24.1 Å². The molecule has 0 saturated heterocycles. The summed E-state index contributed by atoms with van der Waals surface area (Å²) in [6.45, 7) is 2.24. The van der Waals surface area contributed by atoms with Crippen molar-refractivity contribution in [1.82, 2.24) is 10.2 Å². The van der Waals surface area contributed by atoms with Crippen LogP contribution in [0.25, 0.3) is 0 Å². The zero-order valence-electron chi connectivity index (χ0n) is 12.5. The van der Waals surface area contributed by atoms with Gasteiger partial charge >= 0.3 is 6.03 Å². The summed E-state index contributed by atoms with van der Waals surface area (Å²) in [6, 6.07) is 13.2. The molecule has 5 heteroatoms. The normalized spacial score (nSPS) is 11.8. The number of nitrogens with zero attached hydrogens (tertiary/aromatic N) is 1. The fourth-order valence-electron chi connectivity index (χ4n) is 2.11. The summed E-state index contributed by atoms with van der Waals surface area (Å²) in [4.78, 5) is 13.7. The second kappa shape index (κ2) is 7.27. The number of nitrogens with one attached hydrogen (secondary N) is 1.